The average Bonchev–Trinajstić information content (AvgIpc) is 3.27. The zero-order chi connectivity index (χ0) is 19.2. The van der Waals surface area contributed by atoms with Gasteiger partial charge < -0.3 is 14.6 Å². The van der Waals surface area contributed by atoms with Crippen LogP contribution in [-0.2, 0) is 14.3 Å². The van der Waals surface area contributed by atoms with Crippen LogP contribution in [0.5, 0.6) is 0 Å². The van der Waals surface area contributed by atoms with Crippen molar-refractivity contribution < 1.29 is 19.4 Å². The molecule has 4 aliphatic carbocycles. The molecule has 5 aliphatic rings. The maximum absolute atomic E-state index is 11.4. The molecule has 27 heavy (non-hydrogen) atoms. The van der Waals surface area contributed by atoms with E-state index in [0.717, 1.165) is 44.4 Å². The highest BCUT2D eigenvalue weighted by atomic mass is 16.6. The van der Waals surface area contributed by atoms with Gasteiger partial charge in [-0.1, -0.05) is 25.5 Å². The first kappa shape index (κ1) is 18.2. The minimum Gasteiger partial charge on any atom is -0.462 e. The Balaban J connectivity index is 1.42. The summed E-state index contributed by atoms with van der Waals surface area (Å²) in [5.74, 6) is 1.93. The summed E-state index contributed by atoms with van der Waals surface area (Å²) in [5.41, 5.74) is 1.63. The average molecular weight is 375 g/mol. The topological polar surface area (TPSA) is 59.1 Å². The fourth-order valence-electron chi connectivity index (χ4n) is 8.21. The number of epoxide rings is 1. The molecule has 0 spiro atoms. The highest BCUT2D eigenvalue weighted by Crippen LogP contribution is 2.73. The molecule has 4 heteroatoms. The molecule has 1 saturated heterocycles. The lowest BCUT2D eigenvalue weighted by atomic mass is 9.47. The standard InChI is InChI=1S/C23H34O4/c1-13(24)23-20(27-23)12-19-17-6-5-15-11-16(26-14(2)25)7-9-21(15,3)18(17)8-10-22(19,23)4/h5,13,16-20,24H,6-12H2,1-4H3/t13-,16-,17+,18-,19+,20+,21-,22-,23+/m0/s1. The van der Waals surface area contributed by atoms with Crippen molar-refractivity contribution in [2.45, 2.75) is 96.6 Å². The number of hydrogen-bond donors (Lipinski definition) is 1. The van der Waals surface area contributed by atoms with E-state index in [1.54, 1.807) is 0 Å². The van der Waals surface area contributed by atoms with Crippen molar-refractivity contribution in [1.82, 2.24) is 0 Å². The molecule has 0 aromatic heterocycles. The Morgan fingerprint density at radius 3 is 2.78 bits per heavy atom. The highest BCUT2D eigenvalue weighted by molar-refractivity contribution is 5.66. The molecule has 1 aliphatic heterocycles. The Hall–Kier alpha value is -0.870. The molecule has 1 heterocycles. The van der Waals surface area contributed by atoms with Crippen LogP contribution >= 0.6 is 0 Å². The summed E-state index contributed by atoms with van der Waals surface area (Å²) < 4.78 is 11.7. The normalized spacial score (nSPS) is 54.0. The molecule has 0 amide bonds. The lowest BCUT2D eigenvalue weighted by Gasteiger charge is -2.58. The van der Waals surface area contributed by atoms with Crippen LogP contribution in [-0.4, -0.2) is 35.0 Å². The van der Waals surface area contributed by atoms with Gasteiger partial charge in [0, 0.05) is 18.8 Å². The van der Waals surface area contributed by atoms with Crippen molar-refractivity contribution in [2.75, 3.05) is 0 Å². The van der Waals surface area contributed by atoms with Gasteiger partial charge in [0.05, 0.1) is 12.2 Å². The summed E-state index contributed by atoms with van der Waals surface area (Å²) in [5, 5.41) is 10.5. The zero-order valence-electron chi connectivity index (χ0n) is 17.2. The van der Waals surface area contributed by atoms with Crippen molar-refractivity contribution in [3.63, 3.8) is 0 Å². The monoisotopic (exact) mass is 374 g/mol. The second-order valence-corrected chi connectivity index (χ2v) is 10.5. The van der Waals surface area contributed by atoms with E-state index < -0.39 is 0 Å². The number of esters is 1. The van der Waals surface area contributed by atoms with Gasteiger partial charge in [-0.25, -0.2) is 0 Å². The molecule has 0 bridgehead atoms. The quantitative estimate of drug-likeness (QED) is 0.451. The molecule has 0 aromatic rings. The number of carbonyl (C=O) groups excluding carboxylic acids is 1. The Morgan fingerprint density at radius 1 is 1.30 bits per heavy atom. The number of allylic oxidation sites excluding steroid dienone is 1. The Labute approximate surface area is 162 Å². The Kier molecular flexibility index (Phi) is 3.77. The molecule has 0 radical (unpaired) electrons. The number of aliphatic hydroxyl groups excluding tert-OH is 1. The molecule has 4 fully saturated rings. The van der Waals surface area contributed by atoms with Crippen LogP contribution in [0.25, 0.3) is 0 Å². The first-order valence-electron chi connectivity index (χ1n) is 10.9. The summed E-state index contributed by atoms with van der Waals surface area (Å²) in [6.45, 7) is 8.31. The first-order chi connectivity index (χ1) is 12.7. The Morgan fingerprint density at radius 2 is 2.07 bits per heavy atom. The summed E-state index contributed by atoms with van der Waals surface area (Å²) in [4.78, 5) is 11.4. The van der Waals surface area contributed by atoms with Crippen LogP contribution in [0.15, 0.2) is 11.6 Å². The van der Waals surface area contributed by atoms with E-state index in [0.29, 0.717) is 11.8 Å². The van der Waals surface area contributed by atoms with Crippen molar-refractivity contribution in [1.29, 1.82) is 0 Å². The summed E-state index contributed by atoms with van der Waals surface area (Å²) >= 11 is 0. The summed E-state index contributed by atoms with van der Waals surface area (Å²) in [6.07, 6.45) is 10.1. The van der Waals surface area contributed by atoms with E-state index in [-0.39, 0.29) is 40.7 Å². The second-order valence-electron chi connectivity index (χ2n) is 10.5. The van der Waals surface area contributed by atoms with Crippen molar-refractivity contribution in [2.24, 2.45) is 28.6 Å². The van der Waals surface area contributed by atoms with E-state index in [4.69, 9.17) is 9.47 Å². The molecule has 4 nitrogen and oxygen atoms in total. The van der Waals surface area contributed by atoms with Crippen LogP contribution in [0.3, 0.4) is 0 Å². The number of aliphatic hydroxyl groups is 1. The van der Waals surface area contributed by atoms with Gasteiger partial charge in [0.25, 0.3) is 0 Å². The van der Waals surface area contributed by atoms with E-state index in [1.807, 2.05) is 6.92 Å². The lowest BCUT2D eigenvalue weighted by molar-refractivity contribution is -0.149. The van der Waals surface area contributed by atoms with Gasteiger partial charge in [0.2, 0.25) is 0 Å². The van der Waals surface area contributed by atoms with Crippen LogP contribution in [0.1, 0.15) is 72.6 Å². The van der Waals surface area contributed by atoms with Crippen molar-refractivity contribution in [3.05, 3.63) is 11.6 Å². The lowest BCUT2D eigenvalue weighted by Crippen LogP contribution is -2.55. The third-order valence-electron chi connectivity index (χ3n) is 9.52. The van der Waals surface area contributed by atoms with E-state index >= 15 is 0 Å². The van der Waals surface area contributed by atoms with E-state index in [1.165, 1.54) is 18.9 Å². The zero-order valence-corrected chi connectivity index (χ0v) is 17.2. The van der Waals surface area contributed by atoms with Gasteiger partial charge in [-0.15, -0.1) is 0 Å². The highest BCUT2D eigenvalue weighted by Gasteiger charge is 2.78. The second kappa shape index (κ2) is 5.60. The maximum atomic E-state index is 11.4. The van der Waals surface area contributed by atoms with Gasteiger partial charge in [0.15, 0.2) is 0 Å². The van der Waals surface area contributed by atoms with E-state index in [9.17, 15) is 9.90 Å². The number of ether oxygens (including phenoxy) is 2. The van der Waals surface area contributed by atoms with Gasteiger partial charge in [-0.05, 0) is 68.6 Å². The molecule has 1 N–H and O–H groups in total. The number of carbonyl (C=O) groups is 1. The third kappa shape index (κ3) is 2.20. The minimum atomic E-state index is -0.376. The van der Waals surface area contributed by atoms with Gasteiger partial charge in [0.1, 0.15) is 11.7 Å². The van der Waals surface area contributed by atoms with Crippen molar-refractivity contribution in [3.8, 4) is 0 Å². The molecule has 150 valence electrons. The predicted octanol–water partition coefficient (Wildman–Crippen LogP) is 4.01. The SMILES string of the molecule is CC(=O)O[C@H]1CC[C@@]2(C)C(=CC[C@H]3[C@H]4C[C@H]5O[C@@]5([C@H](C)O)[C@@]4(C)CC[C@@H]32)C1. The number of rotatable bonds is 2. The van der Waals surface area contributed by atoms with Crippen LogP contribution in [0.4, 0.5) is 0 Å². The molecule has 0 unspecified atom stereocenters. The molecular formula is C23H34O4. The smallest absolute Gasteiger partial charge is 0.302 e. The largest absolute Gasteiger partial charge is 0.462 e. The predicted molar refractivity (Wildman–Crippen MR) is 102 cm³/mol. The molecule has 0 aromatic carbocycles. The van der Waals surface area contributed by atoms with Gasteiger partial charge >= 0.3 is 5.97 Å². The van der Waals surface area contributed by atoms with E-state index in [2.05, 4.69) is 19.9 Å². The molecular weight excluding hydrogens is 340 g/mol. The first-order valence-corrected chi connectivity index (χ1v) is 10.9. The number of hydrogen-bond acceptors (Lipinski definition) is 4. The molecule has 5 rings (SSSR count). The molecule has 9 atom stereocenters. The summed E-state index contributed by atoms with van der Waals surface area (Å²) in [7, 11) is 0. The Bertz CT molecular complexity index is 698. The van der Waals surface area contributed by atoms with Crippen molar-refractivity contribution >= 4 is 5.97 Å². The van der Waals surface area contributed by atoms with Gasteiger partial charge in [-0.3, -0.25) is 4.79 Å². The third-order valence-corrected chi connectivity index (χ3v) is 9.52. The summed E-state index contributed by atoms with van der Waals surface area (Å²) in [6, 6.07) is 0. The van der Waals surface area contributed by atoms with Gasteiger partial charge in [-0.2, -0.15) is 0 Å². The fourth-order valence-corrected chi connectivity index (χ4v) is 8.21. The van der Waals surface area contributed by atoms with Crippen LogP contribution < -0.4 is 0 Å². The number of fused-ring (bicyclic) bond motifs is 7. The fraction of sp³-hybridized carbons (Fsp3) is 0.870. The molecule has 3 saturated carbocycles. The maximum Gasteiger partial charge on any atom is 0.302 e. The van der Waals surface area contributed by atoms with Crippen LogP contribution in [0, 0.1) is 28.6 Å². The minimum absolute atomic E-state index is 0.0678. The van der Waals surface area contributed by atoms with Crippen LogP contribution in [0.2, 0.25) is 0 Å².